The van der Waals surface area contributed by atoms with Gasteiger partial charge in [-0.2, -0.15) is 0 Å². The molecule has 33 heavy (non-hydrogen) atoms. The Bertz CT molecular complexity index is 936. The number of hydrogen-bond donors (Lipinski definition) is 0. The number of ketones is 1. The molecule has 2 fully saturated rings. The molecule has 0 spiro atoms. The standard InChI is InChI=1S/C28H38O5/c1-7-17-12-16(3)13-18(8-2)22(17)23-24(29)20-14-19(26-31-10-9-11-32-26)15-21(20)25(23)33-27(30)28(4,5)6/h12-13,19-21,26H,7-11,14-15H2,1-6H3. The van der Waals surface area contributed by atoms with Crippen molar-refractivity contribution < 1.29 is 23.8 Å². The number of esters is 1. The molecule has 180 valence electrons. The number of carbonyl (C=O) groups excluding carboxylic acids is 2. The quantitative estimate of drug-likeness (QED) is 0.557. The highest BCUT2D eigenvalue weighted by Gasteiger charge is 2.53. The van der Waals surface area contributed by atoms with E-state index in [2.05, 4.69) is 32.9 Å². The summed E-state index contributed by atoms with van der Waals surface area (Å²) >= 11 is 0. The van der Waals surface area contributed by atoms with Gasteiger partial charge >= 0.3 is 5.97 Å². The molecule has 2 aliphatic carbocycles. The molecule has 5 nitrogen and oxygen atoms in total. The smallest absolute Gasteiger partial charge is 0.316 e. The molecule has 4 rings (SSSR count). The Balaban J connectivity index is 1.80. The molecule has 5 heteroatoms. The molecule has 3 atom stereocenters. The Kier molecular flexibility index (Phi) is 6.84. The number of Topliss-reactive ketones (excluding diaryl/α,β-unsaturated/α-hetero) is 1. The minimum Gasteiger partial charge on any atom is -0.430 e. The van der Waals surface area contributed by atoms with Gasteiger partial charge in [0.2, 0.25) is 0 Å². The molecule has 0 amide bonds. The maximum atomic E-state index is 13.9. The van der Waals surface area contributed by atoms with Crippen LogP contribution < -0.4 is 0 Å². The van der Waals surface area contributed by atoms with Gasteiger partial charge in [0.1, 0.15) is 5.76 Å². The molecule has 0 radical (unpaired) electrons. The van der Waals surface area contributed by atoms with Crippen molar-refractivity contribution in [2.75, 3.05) is 13.2 Å². The molecule has 1 aliphatic heterocycles. The zero-order valence-electron chi connectivity index (χ0n) is 21.0. The second kappa shape index (κ2) is 9.34. The van der Waals surface area contributed by atoms with Crippen molar-refractivity contribution in [2.45, 2.75) is 79.9 Å². The lowest BCUT2D eigenvalue weighted by Gasteiger charge is -2.29. The summed E-state index contributed by atoms with van der Waals surface area (Å²) in [4.78, 5) is 27.0. The van der Waals surface area contributed by atoms with Gasteiger partial charge in [0.25, 0.3) is 0 Å². The normalized spacial score (nSPS) is 26.1. The molecular weight excluding hydrogens is 416 g/mol. The zero-order valence-corrected chi connectivity index (χ0v) is 21.0. The predicted octanol–water partition coefficient (Wildman–Crippen LogP) is 5.41. The van der Waals surface area contributed by atoms with Crippen molar-refractivity contribution in [3.63, 3.8) is 0 Å². The third-order valence-corrected chi connectivity index (χ3v) is 7.28. The number of fused-ring (bicyclic) bond motifs is 1. The Hall–Kier alpha value is -1.98. The highest BCUT2D eigenvalue weighted by atomic mass is 16.7. The van der Waals surface area contributed by atoms with Crippen LogP contribution in [0.2, 0.25) is 0 Å². The first-order valence-electron chi connectivity index (χ1n) is 12.5. The monoisotopic (exact) mass is 454 g/mol. The fourth-order valence-electron chi connectivity index (χ4n) is 5.60. The number of ether oxygens (including phenoxy) is 3. The molecule has 1 heterocycles. The fourth-order valence-corrected chi connectivity index (χ4v) is 5.60. The molecule has 0 N–H and O–H groups in total. The summed E-state index contributed by atoms with van der Waals surface area (Å²) in [5.41, 5.74) is 4.47. The number of hydrogen-bond acceptors (Lipinski definition) is 5. The first-order valence-corrected chi connectivity index (χ1v) is 12.5. The van der Waals surface area contributed by atoms with Crippen LogP contribution in [0.3, 0.4) is 0 Å². The Morgan fingerprint density at radius 3 is 2.15 bits per heavy atom. The van der Waals surface area contributed by atoms with Gasteiger partial charge in [-0.15, -0.1) is 0 Å². The second-order valence-corrected chi connectivity index (χ2v) is 10.8. The van der Waals surface area contributed by atoms with E-state index in [1.165, 1.54) is 5.56 Å². The third-order valence-electron chi connectivity index (χ3n) is 7.28. The van der Waals surface area contributed by atoms with E-state index in [9.17, 15) is 9.59 Å². The average Bonchev–Trinajstić information content (AvgIpc) is 3.32. The van der Waals surface area contributed by atoms with Crippen molar-refractivity contribution in [1.29, 1.82) is 0 Å². The van der Waals surface area contributed by atoms with Crippen molar-refractivity contribution in [3.8, 4) is 0 Å². The van der Waals surface area contributed by atoms with Crippen molar-refractivity contribution >= 4 is 17.3 Å². The van der Waals surface area contributed by atoms with Crippen molar-refractivity contribution in [2.24, 2.45) is 23.2 Å². The fraction of sp³-hybridized carbons (Fsp3) is 0.643. The molecule has 3 aliphatic rings. The summed E-state index contributed by atoms with van der Waals surface area (Å²) in [5.74, 6) is 0.259. The van der Waals surface area contributed by atoms with Crippen molar-refractivity contribution in [3.05, 3.63) is 40.1 Å². The van der Waals surface area contributed by atoms with Crippen LogP contribution in [0.4, 0.5) is 0 Å². The topological polar surface area (TPSA) is 61.8 Å². The molecule has 1 aromatic rings. The molecule has 1 saturated heterocycles. The summed E-state index contributed by atoms with van der Waals surface area (Å²) in [6.45, 7) is 13.3. The van der Waals surface area contributed by atoms with Gasteiger partial charge in [0, 0.05) is 17.8 Å². The van der Waals surface area contributed by atoms with E-state index in [-0.39, 0.29) is 35.8 Å². The summed E-state index contributed by atoms with van der Waals surface area (Å²) in [6.07, 6.45) is 3.73. The maximum absolute atomic E-state index is 13.9. The van der Waals surface area contributed by atoms with Crippen LogP contribution in [0.25, 0.3) is 5.57 Å². The highest BCUT2D eigenvalue weighted by Crippen LogP contribution is 2.53. The van der Waals surface area contributed by atoms with E-state index in [1.54, 1.807) is 0 Å². The average molecular weight is 455 g/mol. The Morgan fingerprint density at radius 1 is 1.03 bits per heavy atom. The maximum Gasteiger partial charge on any atom is 0.316 e. The summed E-state index contributed by atoms with van der Waals surface area (Å²) < 4.78 is 17.9. The number of benzene rings is 1. The number of rotatable bonds is 5. The second-order valence-electron chi connectivity index (χ2n) is 10.8. The molecule has 3 unspecified atom stereocenters. The van der Waals surface area contributed by atoms with Crippen LogP contribution in [-0.2, 0) is 36.6 Å². The van der Waals surface area contributed by atoms with Gasteiger partial charge < -0.3 is 14.2 Å². The lowest BCUT2D eigenvalue weighted by Crippen LogP contribution is -2.31. The van der Waals surface area contributed by atoms with E-state index in [0.717, 1.165) is 42.4 Å². The van der Waals surface area contributed by atoms with Crippen LogP contribution in [0.15, 0.2) is 17.9 Å². The van der Waals surface area contributed by atoms with E-state index in [1.807, 2.05) is 20.8 Å². The lowest BCUT2D eigenvalue weighted by molar-refractivity contribution is -0.204. The SMILES string of the molecule is CCc1cc(C)cc(CC)c1C1=C(OC(=O)C(C)(C)C)C2CC(C3OCCCO3)CC2C1=O. The van der Waals surface area contributed by atoms with Gasteiger partial charge in [-0.05, 0) is 76.5 Å². The van der Waals surface area contributed by atoms with Crippen LogP contribution in [-0.4, -0.2) is 31.3 Å². The number of allylic oxidation sites excluding steroid dienone is 2. The molecule has 0 bridgehead atoms. The van der Waals surface area contributed by atoms with E-state index < -0.39 is 5.41 Å². The van der Waals surface area contributed by atoms with Crippen molar-refractivity contribution in [1.82, 2.24) is 0 Å². The summed E-state index contributed by atoms with van der Waals surface area (Å²) in [5, 5.41) is 0. The number of carbonyl (C=O) groups is 2. The minimum absolute atomic E-state index is 0.103. The zero-order chi connectivity index (χ0) is 23.9. The van der Waals surface area contributed by atoms with Gasteiger partial charge in [0.05, 0.1) is 24.2 Å². The van der Waals surface area contributed by atoms with Crippen LogP contribution in [0, 0.1) is 30.1 Å². The van der Waals surface area contributed by atoms with Gasteiger partial charge in [-0.25, -0.2) is 0 Å². The molecular formula is C28H38O5. The van der Waals surface area contributed by atoms with Gasteiger partial charge in [0.15, 0.2) is 12.1 Å². The van der Waals surface area contributed by atoms with E-state index >= 15 is 0 Å². The van der Waals surface area contributed by atoms with Gasteiger partial charge in [-0.3, -0.25) is 9.59 Å². The molecule has 1 saturated carbocycles. The highest BCUT2D eigenvalue weighted by molar-refractivity contribution is 6.26. The number of aryl methyl sites for hydroxylation is 3. The van der Waals surface area contributed by atoms with Crippen LogP contribution in [0.1, 0.15) is 76.1 Å². The largest absolute Gasteiger partial charge is 0.430 e. The Labute approximate surface area is 197 Å². The first-order chi connectivity index (χ1) is 15.7. The van der Waals surface area contributed by atoms with Gasteiger partial charge in [-0.1, -0.05) is 31.5 Å². The minimum atomic E-state index is -0.651. The lowest BCUT2D eigenvalue weighted by atomic mass is 9.87. The van der Waals surface area contributed by atoms with Crippen LogP contribution >= 0.6 is 0 Å². The van der Waals surface area contributed by atoms with E-state index in [0.29, 0.717) is 31.0 Å². The Morgan fingerprint density at radius 2 is 1.61 bits per heavy atom. The predicted molar refractivity (Wildman–Crippen MR) is 127 cm³/mol. The first kappa shape index (κ1) is 24.2. The van der Waals surface area contributed by atoms with Crippen LogP contribution in [0.5, 0.6) is 0 Å². The third kappa shape index (κ3) is 4.54. The molecule has 0 aromatic heterocycles. The summed E-state index contributed by atoms with van der Waals surface area (Å²) in [6, 6.07) is 4.33. The molecule has 1 aromatic carbocycles. The summed E-state index contributed by atoms with van der Waals surface area (Å²) in [7, 11) is 0. The van der Waals surface area contributed by atoms with E-state index in [4.69, 9.17) is 14.2 Å².